The number of hydrogen-bond donors (Lipinski definition) is 2. The number of nitrogens with one attached hydrogen (secondary N) is 1. The molecule has 3 rings (SSSR count). The highest BCUT2D eigenvalue weighted by Gasteiger charge is 2.41. The lowest BCUT2D eigenvalue weighted by Crippen LogP contribution is -2.51. The molecule has 1 aromatic carbocycles. The highest BCUT2D eigenvalue weighted by atomic mass is 16.6. The monoisotopic (exact) mass is 321 g/mol. The molecule has 0 aliphatic carbocycles. The van der Waals surface area contributed by atoms with Crippen molar-refractivity contribution in [2.45, 2.75) is 18.9 Å². The molecule has 0 saturated carbocycles. The van der Waals surface area contributed by atoms with Gasteiger partial charge in [-0.25, -0.2) is 0 Å². The first-order valence-electron chi connectivity index (χ1n) is 7.58. The normalized spacial score (nSPS) is 22.2. The Morgan fingerprint density at radius 3 is 2.61 bits per heavy atom. The van der Waals surface area contributed by atoms with E-state index in [1.165, 1.54) is 0 Å². The molecule has 2 N–H and O–H groups in total. The number of fused-ring (bicyclic) bond motifs is 1. The van der Waals surface area contributed by atoms with Crippen LogP contribution >= 0.6 is 0 Å². The maximum absolute atomic E-state index is 12.3. The van der Waals surface area contributed by atoms with Crippen molar-refractivity contribution in [3.63, 3.8) is 0 Å². The van der Waals surface area contributed by atoms with Gasteiger partial charge in [-0.1, -0.05) is 12.1 Å². The van der Waals surface area contributed by atoms with Crippen LogP contribution in [0.1, 0.15) is 12.8 Å². The van der Waals surface area contributed by atoms with Gasteiger partial charge in [0.25, 0.3) is 5.91 Å². The number of amides is 1. The van der Waals surface area contributed by atoms with E-state index in [1.54, 1.807) is 18.2 Å². The smallest absolute Gasteiger partial charge is 0.311 e. The summed E-state index contributed by atoms with van der Waals surface area (Å²) >= 11 is 0. The third-order valence-electron chi connectivity index (χ3n) is 4.31. The molecule has 1 fully saturated rings. The molecule has 1 unspecified atom stereocenters. The van der Waals surface area contributed by atoms with Crippen molar-refractivity contribution in [1.29, 1.82) is 0 Å². The SMILES string of the molecule is O=C(NCC1(C(=O)O)CCOCC1)C1COc2ccccc2O1. The van der Waals surface area contributed by atoms with Crippen LogP contribution in [0.4, 0.5) is 0 Å². The topological polar surface area (TPSA) is 94.1 Å². The van der Waals surface area contributed by atoms with E-state index >= 15 is 0 Å². The van der Waals surface area contributed by atoms with E-state index in [9.17, 15) is 14.7 Å². The van der Waals surface area contributed by atoms with Crippen LogP contribution < -0.4 is 14.8 Å². The van der Waals surface area contributed by atoms with E-state index in [2.05, 4.69) is 5.32 Å². The second-order valence-corrected chi connectivity index (χ2v) is 5.78. The number of benzene rings is 1. The molecule has 1 amide bonds. The minimum atomic E-state index is -0.971. The van der Waals surface area contributed by atoms with Gasteiger partial charge >= 0.3 is 5.97 Å². The molecular formula is C16H19NO6. The summed E-state index contributed by atoms with van der Waals surface area (Å²) in [6.07, 6.45) is -0.0170. The summed E-state index contributed by atoms with van der Waals surface area (Å²) in [5.41, 5.74) is -0.971. The number of carbonyl (C=O) groups excluding carboxylic acids is 1. The number of para-hydroxylation sites is 2. The quantitative estimate of drug-likeness (QED) is 0.853. The predicted octanol–water partition coefficient (Wildman–Crippen LogP) is 0.824. The molecule has 0 radical (unpaired) electrons. The Bertz CT molecular complexity index is 596. The highest BCUT2D eigenvalue weighted by molar-refractivity contribution is 5.83. The number of ether oxygens (including phenoxy) is 3. The summed E-state index contributed by atoms with van der Waals surface area (Å²) in [5.74, 6) is -0.167. The maximum Gasteiger partial charge on any atom is 0.311 e. The van der Waals surface area contributed by atoms with Crippen molar-refractivity contribution in [1.82, 2.24) is 5.32 Å². The van der Waals surface area contributed by atoms with Crippen LogP contribution in [0.25, 0.3) is 0 Å². The van der Waals surface area contributed by atoms with Crippen LogP contribution in [0.5, 0.6) is 11.5 Å². The Hall–Kier alpha value is -2.28. The fourth-order valence-electron chi connectivity index (χ4n) is 2.75. The first kappa shape index (κ1) is 15.6. The van der Waals surface area contributed by atoms with Gasteiger partial charge in [0, 0.05) is 19.8 Å². The van der Waals surface area contributed by atoms with Gasteiger partial charge < -0.3 is 24.6 Å². The molecule has 7 heteroatoms. The summed E-state index contributed by atoms with van der Waals surface area (Å²) < 4.78 is 16.3. The Kier molecular flexibility index (Phi) is 4.38. The van der Waals surface area contributed by atoms with Crippen molar-refractivity contribution in [3.05, 3.63) is 24.3 Å². The molecule has 2 heterocycles. The third-order valence-corrected chi connectivity index (χ3v) is 4.31. The van der Waals surface area contributed by atoms with Crippen molar-refractivity contribution in [3.8, 4) is 11.5 Å². The molecule has 0 spiro atoms. The molecule has 1 saturated heterocycles. The summed E-state index contributed by atoms with van der Waals surface area (Å²) in [4.78, 5) is 23.8. The van der Waals surface area contributed by atoms with Gasteiger partial charge in [0.05, 0.1) is 5.41 Å². The largest absolute Gasteiger partial charge is 0.485 e. The number of rotatable bonds is 4. The lowest BCUT2D eigenvalue weighted by atomic mass is 9.80. The zero-order chi connectivity index (χ0) is 16.3. The van der Waals surface area contributed by atoms with Crippen molar-refractivity contribution in [2.75, 3.05) is 26.4 Å². The second kappa shape index (κ2) is 6.45. The molecule has 0 aromatic heterocycles. The number of hydrogen-bond acceptors (Lipinski definition) is 5. The highest BCUT2D eigenvalue weighted by Crippen LogP contribution is 2.32. The summed E-state index contributed by atoms with van der Waals surface area (Å²) in [6, 6.07) is 7.12. The van der Waals surface area contributed by atoms with E-state index in [-0.39, 0.29) is 19.1 Å². The average molecular weight is 321 g/mol. The van der Waals surface area contributed by atoms with Gasteiger partial charge in [-0.05, 0) is 25.0 Å². The van der Waals surface area contributed by atoms with Crippen LogP contribution in [0, 0.1) is 5.41 Å². The summed E-state index contributed by atoms with van der Waals surface area (Å²) in [5, 5.41) is 12.2. The molecular weight excluding hydrogens is 302 g/mol. The third kappa shape index (κ3) is 3.24. The molecule has 23 heavy (non-hydrogen) atoms. The van der Waals surface area contributed by atoms with E-state index in [4.69, 9.17) is 14.2 Å². The molecule has 1 atom stereocenters. The predicted molar refractivity (Wildman–Crippen MR) is 79.5 cm³/mol. The maximum atomic E-state index is 12.3. The van der Waals surface area contributed by atoms with Gasteiger partial charge in [0.1, 0.15) is 6.61 Å². The number of carboxylic acids is 1. The van der Waals surface area contributed by atoms with Crippen LogP contribution in [-0.2, 0) is 14.3 Å². The van der Waals surface area contributed by atoms with Crippen molar-refractivity contribution >= 4 is 11.9 Å². The Morgan fingerprint density at radius 2 is 1.91 bits per heavy atom. The van der Waals surface area contributed by atoms with Gasteiger partial charge in [-0.3, -0.25) is 9.59 Å². The van der Waals surface area contributed by atoms with Gasteiger partial charge in [-0.2, -0.15) is 0 Å². The standard InChI is InChI=1S/C16H19NO6/c18-14(13-9-22-11-3-1-2-4-12(11)23-13)17-10-16(15(19)20)5-7-21-8-6-16/h1-4,13H,5-10H2,(H,17,18)(H,19,20). The van der Waals surface area contributed by atoms with E-state index in [0.717, 1.165) is 0 Å². The summed E-state index contributed by atoms with van der Waals surface area (Å²) in [7, 11) is 0. The first-order valence-corrected chi connectivity index (χ1v) is 7.58. The van der Waals surface area contributed by atoms with E-state index in [1.807, 2.05) is 6.07 Å². The van der Waals surface area contributed by atoms with E-state index < -0.39 is 17.5 Å². The Labute approximate surface area is 133 Å². The fraction of sp³-hybridized carbons (Fsp3) is 0.500. The molecule has 2 aliphatic rings. The lowest BCUT2D eigenvalue weighted by Gasteiger charge is -2.34. The molecule has 124 valence electrons. The van der Waals surface area contributed by atoms with E-state index in [0.29, 0.717) is 37.6 Å². The minimum absolute atomic E-state index is 0.0615. The van der Waals surface area contributed by atoms with Crippen LogP contribution in [0.15, 0.2) is 24.3 Å². The summed E-state index contributed by atoms with van der Waals surface area (Å²) in [6.45, 7) is 0.940. The number of carboxylic acid groups (broad SMARTS) is 1. The number of aliphatic carboxylic acids is 1. The van der Waals surface area contributed by atoms with Crippen LogP contribution in [0.3, 0.4) is 0 Å². The fourth-order valence-corrected chi connectivity index (χ4v) is 2.75. The van der Waals surface area contributed by atoms with Crippen LogP contribution in [0.2, 0.25) is 0 Å². The Balaban J connectivity index is 1.60. The first-order chi connectivity index (χ1) is 11.1. The molecule has 7 nitrogen and oxygen atoms in total. The Morgan fingerprint density at radius 1 is 1.22 bits per heavy atom. The zero-order valence-corrected chi connectivity index (χ0v) is 12.6. The minimum Gasteiger partial charge on any atom is -0.485 e. The molecule has 0 bridgehead atoms. The second-order valence-electron chi connectivity index (χ2n) is 5.78. The van der Waals surface area contributed by atoms with Crippen LogP contribution in [-0.4, -0.2) is 49.5 Å². The molecule has 1 aromatic rings. The van der Waals surface area contributed by atoms with Crippen molar-refractivity contribution < 1.29 is 28.9 Å². The van der Waals surface area contributed by atoms with Crippen molar-refractivity contribution in [2.24, 2.45) is 5.41 Å². The lowest BCUT2D eigenvalue weighted by molar-refractivity contribution is -0.155. The zero-order valence-electron chi connectivity index (χ0n) is 12.6. The average Bonchev–Trinajstić information content (AvgIpc) is 2.60. The number of carbonyl (C=O) groups is 2. The van der Waals surface area contributed by atoms with Gasteiger partial charge in [0.15, 0.2) is 11.5 Å². The van der Waals surface area contributed by atoms with Gasteiger partial charge in [-0.15, -0.1) is 0 Å². The van der Waals surface area contributed by atoms with Gasteiger partial charge in [0.2, 0.25) is 6.10 Å². The molecule has 2 aliphatic heterocycles.